The van der Waals surface area contributed by atoms with E-state index in [2.05, 4.69) is 5.10 Å². The zero-order valence-electron chi connectivity index (χ0n) is 17.9. The highest BCUT2D eigenvalue weighted by Gasteiger charge is 2.25. The molecule has 0 aliphatic carbocycles. The van der Waals surface area contributed by atoms with Crippen molar-refractivity contribution in [3.05, 3.63) is 107 Å². The summed E-state index contributed by atoms with van der Waals surface area (Å²) < 4.78 is 2.87. The number of para-hydroxylation sites is 2. The maximum absolute atomic E-state index is 13.8. The summed E-state index contributed by atoms with van der Waals surface area (Å²) in [6.45, 7) is 4.41. The van der Waals surface area contributed by atoms with E-state index in [0.29, 0.717) is 17.2 Å². The van der Waals surface area contributed by atoms with Gasteiger partial charge < -0.3 is 0 Å². The topological polar surface area (TPSA) is 51.0 Å². The third-order valence-electron chi connectivity index (χ3n) is 5.51. The lowest BCUT2D eigenvalue weighted by Crippen LogP contribution is -2.30. The molecule has 158 valence electrons. The summed E-state index contributed by atoms with van der Waals surface area (Å²) in [6, 6.07) is 26.0. The first-order chi connectivity index (χ1) is 15.6. The van der Waals surface area contributed by atoms with Crippen LogP contribution in [0.3, 0.4) is 0 Å². The summed E-state index contributed by atoms with van der Waals surface area (Å²) in [5.41, 5.74) is 5.39. The highest BCUT2D eigenvalue weighted by molar-refractivity contribution is 7.22. The average Bonchev–Trinajstić information content (AvgIpc) is 3.43. The Morgan fingerprint density at radius 3 is 2.38 bits per heavy atom. The normalized spacial score (nSPS) is 11.1. The first-order valence-corrected chi connectivity index (χ1v) is 11.3. The fourth-order valence-corrected chi connectivity index (χ4v) is 4.82. The van der Waals surface area contributed by atoms with Crippen LogP contribution in [0.5, 0.6) is 0 Å². The molecule has 0 aliphatic heterocycles. The number of carbonyl (C=O) groups is 1. The van der Waals surface area contributed by atoms with Gasteiger partial charge in [0.15, 0.2) is 5.13 Å². The van der Waals surface area contributed by atoms with Crippen molar-refractivity contribution in [2.75, 3.05) is 4.90 Å². The molecule has 0 fully saturated rings. The molecule has 0 bridgehead atoms. The van der Waals surface area contributed by atoms with E-state index < -0.39 is 0 Å². The lowest BCUT2D eigenvalue weighted by molar-refractivity contribution is 0.0984. The lowest BCUT2D eigenvalue weighted by Gasteiger charge is -2.20. The van der Waals surface area contributed by atoms with Crippen LogP contribution in [0.1, 0.15) is 27.2 Å². The van der Waals surface area contributed by atoms with Crippen LogP contribution in [0, 0.1) is 13.8 Å². The van der Waals surface area contributed by atoms with E-state index in [1.807, 2.05) is 92.7 Å². The second-order valence-electron chi connectivity index (χ2n) is 7.69. The van der Waals surface area contributed by atoms with Crippen LogP contribution < -0.4 is 4.90 Å². The van der Waals surface area contributed by atoms with Gasteiger partial charge >= 0.3 is 0 Å². The van der Waals surface area contributed by atoms with Crippen molar-refractivity contribution in [3.63, 3.8) is 0 Å². The molecule has 0 aliphatic rings. The number of hydrogen-bond donors (Lipinski definition) is 0. The summed E-state index contributed by atoms with van der Waals surface area (Å²) in [5, 5.41) is 5.19. The monoisotopic (exact) mass is 438 g/mol. The minimum atomic E-state index is -0.106. The molecule has 0 saturated heterocycles. The Morgan fingerprint density at radius 1 is 0.938 bits per heavy atom. The number of thiazole rings is 1. The second kappa shape index (κ2) is 8.40. The molecule has 3 aromatic carbocycles. The molecule has 5 aromatic rings. The van der Waals surface area contributed by atoms with Crippen LogP contribution in [-0.4, -0.2) is 20.7 Å². The van der Waals surface area contributed by atoms with Crippen molar-refractivity contribution in [3.8, 4) is 5.69 Å². The number of aromatic nitrogens is 3. The fraction of sp³-hybridized carbons (Fsp3) is 0.115. The van der Waals surface area contributed by atoms with Gasteiger partial charge in [0.2, 0.25) is 0 Å². The minimum absolute atomic E-state index is 0.106. The number of aryl methyl sites for hydroxylation is 1. The molecule has 32 heavy (non-hydrogen) atoms. The van der Waals surface area contributed by atoms with E-state index in [-0.39, 0.29) is 5.91 Å². The van der Waals surface area contributed by atoms with E-state index in [1.54, 1.807) is 15.8 Å². The van der Waals surface area contributed by atoms with E-state index in [0.717, 1.165) is 32.7 Å². The number of hydrogen-bond acceptors (Lipinski definition) is 4. The summed E-state index contributed by atoms with van der Waals surface area (Å²) in [7, 11) is 0. The molecule has 0 atom stereocenters. The molecule has 5 nitrogen and oxygen atoms in total. The first kappa shape index (κ1) is 20.2. The zero-order chi connectivity index (χ0) is 22.1. The van der Waals surface area contributed by atoms with Gasteiger partial charge in [-0.15, -0.1) is 0 Å². The van der Waals surface area contributed by atoms with Gasteiger partial charge in [0, 0.05) is 0 Å². The van der Waals surface area contributed by atoms with Crippen molar-refractivity contribution >= 4 is 32.6 Å². The van der Waals surface area contributed by atoms with E-state index in [1.165, 1.54) is 11.3 Å². The third kappa shape index (κ3) is 3.69. The maximum atomic E-state index is 13.8. The van der Waals surface area contributed by atoms with E-state index in [4.69, 9.17) is 4.98 Å². The number of fused-ring (bicyclic) bond motifs is 1. The standard InChI is InChI=1S/C26H22N4OS/c1-18-10-9-15-23-24(18)28-26(32-23)29(17-20-11-5-3-6-12-20)25(31)22-16-27-30(19(22)2)21-13-7-4-8-14-21/h3-16H,17H2,1-2H3. The number of anilines is 1. The van der Waals surface area contributed by atoms with Crippen LogP contribution in [0.15, 0.2) is 85.1 Å². The summed E-state index contributed by atoms with van der Waals surface area (Å²) in [5.74, 6) is -0.106. The predicted molar refractivity (Wildman–Crippen MR) is 130 cm³/mol. The Balaban J connectivity index is 1.58. The van der Waals surface area contributed by atoms with Crippen LogP contribution in [0.4, 0.5) is 5.13 Å². The summed E-state index contributed by atoms with van der Waals surface area (Å²) >= 11 is 1.54. The fourth-order valence-electron chi connectivity index (χ4n) is 3.78. The van der Waals surface area contributed by atoms with Gasteiger partial charge in [0.1, 0.15) is 0 Å². The van der Waals surface area contributed by atoms with Crippen molar-refractivity contribution < 1.29 is 4.79 Å². The van der Waals surface area contributed by atoms with Gasteiger partial charge in [-0.1, -0.05) is 72.0 Å². The quantitative estimate of drug-likeness (QED) is 0.341. The van der Waals surface area contributed by atoms with E-state index >= 15 is 0 Å². The Bertz CT molecular complexity index is 1390. The maximum Gasteiger partial charge on any atom is 0.263 e. The van der Waals surface area contributed by atoms with Crippen molar-refractivity contribution in [1.82, 2.24) is 14.8 Å². The summed E-state index contributed by atoms with van der Waals surface area (Å²) in [4.78, 5) is 20.4. The Hall–Kier alpha value is -3.77. The molecule has 0 spiro atoms. The predicted octanol–water partition coefficient (Wildman–Crippen LogP) is 5.95. The Morgan fingerprint density at radius 2 is 1.66 bits per heavy atom. The van der Waals surface area contributed by atoms with Gasteiger partial charge in [-0.2, -0.15) is 5.10 Å². The van der Waals surface area contributed by atoms with Crippen molar-refractivity contribution in [2.24, 2.45) is 0 Å². The molecule has 6 heteroatoms. The number of carbonyl (C=O) groups excluding carboxylic acids is 1. The lowest BCUT2D eigenvalue weighted by atomic mass is 10.2. The highest BCUT2D eigenvalue weighted by Crippen LogP contribution is 2.32. The number of rotatable bonds is 5. The van der Waals surface area contributed by atoms with Gasteiger partial charge in [0.25, 0.3) is 5.91 Å². The molecule has 5 rings (SSSR count). The summed E-state index contributed by atoms with van der Waals surface area (Å²) in [6.07, 6.45) is 1.65. The molecule has 2 aromatic heterocycles. The Labute approximate surface area is 190 Å². The average molecular weight is 439 g/mol. The molecular formula is C26H22N4OS. The third-order valence-corrected chi connectivity index (χ3v) is 6.55. The highest BCUT2D eigenvalue weighted by atomic mass is 32.1. The molecule has 2 heterocycles. The van der Waals surface area contributed by atoms with Gasteiger partial charge in [-0.05, 0) is 43.2 Å². The van der Waals surface area contributed by atoms with Crippen LogP contribution >= 0.6 is 11.3 Å². The molecule has 0 saturated carbocycles. The van der Waals surface area contributed by atoms with Gasteiger partial charge in [0.05, 0.1) is 39.9 Å². The molecule has 0 unspecified atom stereocenters. The number of amides is 1. The first-order valence-electron chi connectivity index (χ1n) is 10.4. The van der Waals surface area contributed by atoms with Gasteiger partial charge in [-0.25, -0.2) is 9.67 Å². The van der Waals surface area contributed by atoms with Crippen LogP contribution in [0.25, 0.3) is 15.9 Å². The van der Waals surface area contributed by atoms with Gasteiger partial charge in [-0.3, -0.25) is 9.69 Å². The van der Waals surface area contributed by atoms with Crippen molar-refractivity contribution in [2.45, 2.75) is 20.4 Å². The number of nitrogens with zero attached hydrogens (tertiary/aromatic N) is 4. The zero-order valence-corrected chi connectivity index (χ0v) is 18.7. The SMILES string of the molecule is Cc1cccc2sc(N(Cc3ccccc3)C(=O)c3cnn(-c4ccccc4)c3C)nc12. The molecular weight excluding hydrogens is 416 g/mol. The largest absolute Gasteiger partial charge is 0.279 e. The van der Waals surface area contributed by atoms with E-state index in [9.17, 15) is 4.79 Å². The van der Waals surface area contributed by atoms with Crippen molar-refractivity contribution in [1.29, 1.82) is 0 Å². The smallest absolute Gasteiger partial charge is 0.263 e. The minimum Gasteiger partial charge on any atom is -0.279 e. The molecule has 1 amide bonds. The Kier molecular flexibility index (Phi) is 5.29. The number of benzene rings is 3. The molecule has 0 radical (unpaired) electrons. The molecule has 0 N–H and O–H groups in total. The van der Waals surface area contributed by atoms with Crippen LogP contribution in [-0.2, 0) is 6.54 Å². The second-order valence-corrected chi connectivity index (χ2v) is 8.70. The van der Waals surface area contributed by atoms with Crippen LogP contribution in [0.2, 0.25) is 0 Å².